The van der Waals surface area contributed by atoms with E-state index in [9.17, 15) is 15.0 Å². The summed E-state index contributed by atoms with van der Waals surface area (Å²) in [5.74, 6) is -0.327. The number of para-hydroxylation sites is 1. The Kier molecular flexibility index (Phi) is 4.37. The number of fused-ring (bicyclic) bond motifs is 1. The summed E-state index contributed by atoms with van der Waals surface area (Å²) in [6.07, 6.45) is -1.27. The summed E-state index contributed by atoms with van der Waals surface area (Å²) in [7, 11) is 4.75. The first kappa shape index (κ1) is 16.9. The molecule has 25 heavy (non-hydrogen) atoms. The van der Waals surface area contributed by atoms with Gasteiger partial charge in [-0.25, -0.2) is 0 Å². The van der Waals surface area contributed by atoms with Crippen LogP contribution in [0.1, 0.15) is 5.56 Å². The number of anilines is 2. The summed E-state index contributed by atoms with van der Waals surface area (Å²) in [4.78, 5) is 15.9. The van der Waals surface area contributed by atoms with Crippen LogP contribution in [0.4, 0.5) is 11.4 Å². The Hall–Kier alpha value is -2.99. The van der Waals surface area contributed by atoms with Gasteiger partial charge < -0.3 is 24.7 Å². The molecule has 0 radical (unpaired) electrons. The number of hydrogen-bond acceptors (Lipinski definition) is 5. The second-order valence-electron chi connectivity index (χ2n) is 5.80. The smallest absolute Gasteiger partial charge is 0.262 e. The summed E-state index contributed by atoms with van der Waals surface area (Å²) in [6.45, 7) is 0. The molecular weight excluding hydrogens is 320 g/mol. The molecule has 2 N–H and O–H groups in total. The van der Waals surface area contributed by atoms with Crippen molar-refractivity contribution in [1.82, 2.24) is 0 Å². The summed E-state index contributed by atoms with van der Waals surface area (Å²) < 4.78 is 5.31. The molecule has 0 aromatic heterocycles. The van der Waals surface area contributed by atoms with E-state index in [1.165, 1.54) is 16.9 Å². The predicted molar refractivity (Wildman–Crippen MR) is 96.8 cm³/mol. The molecular formula is C19H20N2O4. The Bertz CT molecular complexity index is 833. The molecule has 1 heterocycles. The highest BCUT2D eigenvalue weighted by atomic mass is 16.5. The third-order valence-electron chi connectivity index (χ3n) is 4.40. The van der Waals surface area contributed by atoms with Gasteiger partial charge in [0.25, 0.3) is 5.91 Å². The van der Waals surface area contributed by atoms with E-state index in [0.29, 0.717) is 22.7 Å². The molecule has 3 rings (SSSR count). The second kappa shape index (κ2) is 6.49. The van der Waals surface area contributed by atoms with Gasteiger partial charge in [0, 0.05) is 19.8 Å². The first-order chi connectivity index (χ1) is 12.0. The molecule has 1 atom stereocenters. The molecule has 1 aliphatic heterocycles. The number of nitrogens with zero attached hydrogens (tertiary/aromatic N) is 2. The third-order valence-corrected chi connectivity index (χ3v) is 4.40. The fourth-order valence-corrected chi connectivity index (χ4v) is 2.97. The molecule has 1 amide bonds. The zero-order valence-electron chi connectivity index (χ0n) is 14.3. The molecule has 2 aromatic rings. The fourth-order valence-electron chi connectivity index (χ4n) is 2.97. The van der Waals surface area contributed by atoms with Crippen molar-refractivity contribution in [3.63, 3.8) is 0 Å². The highest BCUT2D eigenvalue weighted by Crippen LogP contribution is 2.41. The van der Waals surface area contributed by atoms with Gasteiger partial charge in [-0.1, -0.05) is 24.3 Å². The highest BCUT2D eigenvalue weighted by Gasteiger charge is 2.37. The SMILES string of the molecule is COc1cccc2c1C(O)=C(C(=O)N(C)c1ccccc1)C(O)N2C. The zero-order chi connectivity index (χ0) is 18.1. The van der Waals surface area contributed by atoms with Gasteiger partial charge in [-0.15, -0.1) is 0 Å². The van der Waals surface area contributed by atoms with Crippen molar-refractivity contribution in [1.29, 1.82) is 0 Å². The minimum atomic E-state index is -1.27. The van der Waals surface area contributed by atoms with Gasteiger partial charge in [-0.3, -0.25) is 4.79 Å². The average Bonchev–Trinajstić information content (AvgIpc) is 2.65. The topological polar surface area (TPSA) is 73.2 Å². The number of ether oxygens (including phenoxy) is 1. The van der Waals surface area contributed by atoms with E-state index in [-0.39, 0.29) is 11.3 Å². The Labute approximate surface area is 146 Å². The van der Waals surface area contributed by atoms with Gasteiger partial charge >= 0.3 is 0 Å². The Morgan fingerprint density at radius 1 is 1.16 bits per heavy atom. The summed E-state index contributed by atoms with van der Waals surface area (Å²) in [6, 6.07) is 14.2. The lowest BCUT2D eigenvalue weighted by molar-refractivity contribution is -0.115. The van der Waals surface area contributed by atoms with Gasteiger partial charge in [0.2, 0.25) is 0 Å². The number of carbonyl (C=O) groups excluding carboxylic acids is 1. The number of aliphatic hydroxyl groups excluding tert-OH is 2. The molecule has 0 saturated carbocycles. The summed E-state index contributed by atoms with van der Waals surface area (Å²) >= 11 is 0. The van der Waals surface area contributed by atoms with Crippen molar-refractivity contribution in [2.24, 2.45) is 0 Å². The molecule has 6 nitrogen and oxygen atoms in total. The lowest BCUT2D eigenvalue weighted by Crippen LogP contribution is -2.43. The van der Waals surface area contributed by atoms with Gasteiger partial charge in [0.15, 0.2) is 6.23 Å². The van der Waals surface area contributed by atoms with Crippen molar-refractivity contribution in [2.75, 3.05) is 31.0 Å². The van der Waals surface area contributed by atoms with E-state index >= 15 is 0 Å². The Balaban J connectivity index is 2.12. The first-order valence-corrected chi connectivity index (χ1v) is 7.82. The van der Waals surface area contributed by atoms with Crippen LogP contribution in [0.25, 0.3) is 5.76 Å². The van der Waals surface area contributed by atoms with Crippen molar-refractivity contribution in [3.8, 4) is 5.75 Å². The molecule has 1 unspecified atom stereocenters. The number of carbonyl (C=O) groups is 1. The molecule has 0 bridgehead atoms. The molecule has 0 saturated heterocycles. The normalized spacial score (nSPS) is 16.5. The third kappa shape index (κ3) is 2.70. The number of amides is 1. The molecule has 0 fully saturated rings. The van der Waals surface area contributed by atoms with Crippen molar-refractivity contribution in [2.45, 2.75) is 6.23 Å². The quantitative estimate of drug-likeness (QED) is 0.898. The van der Waals surface area contributed by atoms with Crippen LogP contribution < -0.4 is 14.5 Å². The maximum absolute atomic E-state index is 13.0. The van der Waals surface area contributed by atoms with Crippen LogP contribution in [0.2, 0.25) is 0 Å². The Morgan fingerprint density at radius 3 is 2.48 bits per heavy atom. The lowest BCUT2D eigenvalue weighted by Gasteiger charge is -2.35. The number of methoxy groups -OCH3 is 1. The van der Waals surface area contributed by atoms with Gasteiger partial charge in [0.1, 0.15) is 17.1 Å². The molecule has 0 spiro atoms. The van der Waals surface area contributed by atoms with Crippen molar-refractivity contribution in [3.05, 3.63) is 59.7 Å². The van der Waals surface area contributed by atoms with E-state index in [4.69, 9.17) is 4.74 Å². The molecule has 0 aliphatic carbocycles. The monoisotopic (exact) mass is 340 g/mol. The zero-order valence-corrected chi connectivity index (χ0v) is 14.3. The maximum Gasteiger partial charge on any atom is 0.262 e. The van der Waals surface area contributed by atoms with E-state index in [1.54, 1.807) is 44.4 Å². The molecule has 2 aromatic carbocycles. The van der Waals surface area contributed by atoms with Crippen LogP contribution in [0.5, 0.6) is 5.75 Å². The number of benzene rings is 2. The van der Waals surface area contributed by atoms with Crippen LogP contribution in [-0.2, 0) is 4.79 Å². The van der Waals surface area contributed by atoms with E-state index in [0.717, 1.165) is 0 Å². The Morgan fingerprint density at radius 2 is 1.84 bits per heavy atom. The number of aliphatic hydroxyl groups is 2. The van der Waals surface area contributed by atoms with Crippen molar-refractivity contribution >= 4 is 23.0 Å². The number of rotatable bonds is 3. The number of likely N-dealkylation sites (N-methyl/N-ethyl adjacent to an activating group) is 2. The first-order valence-electron chi connectivity index (χ1n) is 7.82. The van der Waals surface area contributed by atoms with E-state index in [2.05, 4.69) is 0 Å². The minimum Gasteiger partial charge on any atom is -0.506 e. The minimum absolute atomic E-state index is 0.0918. The largest absolute Gasteiger partial charge is 0.506 e. The lowest BCUT2D eigenvalue weighted by atomic mass is 9.97. The van der Waals surface area contributed by atoms with Crippen molar-refractivity contribution < 1.29 is 19.7 Å². The maximum atomic E-state index is 13.0. The number of hydrogen-bond donors (Lipinski definition) is 2. The highest BCUT2D eigenvalue weighted by molar-refractivity contribution is 6.12. The van der Waals surface area contributed by atoms with Crippen LogP contribution in [0.15, 0.2) is 54.1 Å². The fraction of sp³-hybridized carbons (Fsp3) is 0.211. The molecule has 130 valence electrons. The predicted octanol–water partition coefficient (Wildman–Crippen LogP) is 2.40. The van der Waals surface area contributed by atoms with Gasteiger partial charge in [-0.2, -0.15) is 0 Å². The van der Waals surface area contributed by atoms with Crippen LogP contribution in [-0.4, -0.2) is 43.6 Å². The van der Waals surface area contributed by atoms with Gasteiger partial charge in [0.05, 0.1) is 18.4 Å². The van der Waals surface area contributed by atoms with Crippen LogP contribution in [0.3, 0.4) is 0 Å². The van der Waals surface area contributed by atoms with Gasteiger partial charge in [-0.05, 0) is 24.3 Å². The average molecular weight is 340 g/mol. The summed E-state index contributed by atoms with van der Waals surface area (Å²) in [5, 5.41) is 21.4. The van der Waals surface area contributed by atoms with Crippen LogP contribution in [0, 0.1) is 0 Å². The van der Waals surface area contributed by atoms with Crippen LogP contribution >= 0.6 is 0 Å². The summed E-state index contributed by atoms with van der Waals surface area (Å²) in [5.41, 5.74) is 1.55. The van der Waals surface area contributed by atoms with E-state index < -0.39 is 12.1 Å². The molecule has 6 heteroatoms. The standard InChI is InChI=1S/C19H20N2O4/c1-20(12-8-5-4-6-9-12)18(23)16-17(22)15-13(21(2)19(16)24)10-7-11-14(15)25-3/h4-11,19,22,24H,1-3H3. The molecule has 1 aliphatic rings. The second-order valence-corrected chi connectivity index (χ2v) is 5.80. The van der Waals surface area contributed by atoms with E-state index in [1.807, 2.05) is 18.2 Å².